The lowest BCUT2D eigenvalue weighted by Crippen LogP contribution is -2.56. The monoisotopic (exact) mass is 380 g/mol. The highest BCUT2D eigenvalue weighted by molar-refractivity contribution is 5.91. The van der Waals surface area contributed by atoms with Crippen LogP contribution in [0.2, 0.25) is 0 Å². The SMILES string of the molecule is O=C(NCC1CC1)C1C=CC2=C(N1)N(C(=O)Nc1ccccn1)[C@H]1CCN2C1. The molecule has 2 bridgehead atoms. The summed E-state index contributed by atoms with van der Waals surface area (Å²) in [5.41, 5.74) is 0.969. The van der Waals surface area contributed by atoms with Crippen LogP contribution in [0.5, 0.6) is 0 Å². The molecule has 1 aliphatic carbocycles. The summed E-state index contributed by atoms with van der Waals surface area (Å²) in [7, 11) is 0. The summed E-state index contributed by atoms with van der Waals surface area (Å²) in [4.78, 5) is 33.8. The average molecular weight is 380 g/mol. The van der Waals surface area contributed by atoms with Gasteiger partial charge in [0.05, 0.1) is 11.7 Å². The molecule has 0 aromatic carbocycles. The largest absolute Gasteiger partial charge is 0.366 e. The second-order valence-electron chi connectivity index (χ2n) is 7.81. The van der Waals surface area contributed by atoms with E-state index in [1.165, 1.54) is 12.8 Å². The molecule has 3 N–H and O–H groups in total. The summed E-state index contributed by atoms with van der Waals surface area (Å²) in [6, 6.07) is 4.80. The molecular weight excluding hydrogens is 356 g/mol. The van der Waals surface area contributed by atoms with Gasteiger partial charge >= 0.3 is 6.03 Å². The molecule has 2 atom stereocenters. The van der Waals surface area contributed by atoms with E-state index < -0.39 is 6.04 Å². The lowest BCUT2D eigenvalue weighted by atomic mass is 10.1. The first kappa shape index (κ1) is 17.1. The molecule has 5 rings (SSSR count). The highest BCUT2D eigenvalue weighted by atomic mass is 16.2. The van der Waals surface area contributed by atoms with E-state index in [2.05, 4.69) is 25.8 Å². The zero-order valence-electron chi connectivity index (χ0n) is 15.6. The molecule has 8 nitrogen and oxygen atoms in total. The van der Waals surface area contributed by atoms with E-state index in [0.717, 1.165) is 31.8 Å². The summed E-state index contributed by atoms with van der Waals surface area (Å²) >= 11 is 0. The molecular formula is C20H24N6O2. The second kappa shape index (κ2) is 6.85. The molecule has 2 fully saturated rings. The Hall–Kier alpha value is -3.03. The fourth-order valence-corrected chi connectivity index (χ4v) is 4.04. The van der Waals surface area contributed by atoms with Crippen LogP contribution < -0.4 is 16.0 Å². The van der Waals surface area contributed by atoms with Crippen molar-refractivity contribution < 1.29 is 9.59 Å². The van der Waals surface area contributed by atoms with Crippen LogP contribution in [-0.4, -0.2) is 58.4 Å². The third-order valence-electron chi connectivity index (χ3n) is 5.75. The van der Waals surface area contributed by atoms with Gasteiger partial charge in [-0.1, -0.05) is 12.1 Å². The number of carbonyl (C=O) groups excluding carboxylic acids is 2. The smallest absolute Gasteiger partial charge is 0.328 e. The minimum absolute atomic E-state index is 0.0484. The molecule has 1 saturated carbocycles. The van der Waals surface area contributed by atoms with Crippen molar-refractivity contribution in [1.82, 2.24) is 25.4 Å². The molecule has 1 aromatic rings. The summed E-state index contributed by atoms with van der Waals surface area (Å²) in [6.45, 7) is 2.44. The van der Waals surface area contributed by atoms with Crippen molar-refractivity contribution in [3.8, 4) is 0 Å². The fraction of sp³-hybridized carbons (Fsp3) is 0.450. The molecule has 28 heavy (non-hydrogen) atoms. The quantitative estimate of drug-likeness (QED) is 0.731. The Bertz CT molecular complexity index is 848. The first-order valence-corrected chi connectivity index (χ1v) is 9.92. The summed E-state index contributed by atoms with van der Waals surface area (Å²) in [6.07, 6.45) is 8.79. The topological polar surface area (TPSA) is 89.6 Å². The summed E-state index contributed by atoms with van der Waals surface area (Å²) < 4.78 is 0. The molecule has 3 amide bonds. The molecule has 0 spiro atoms. The highest BCUT2D eigenvalue weighted by Gasteiger charge is 2.42. The van der Waals surface area contributed by atoms with Gasteiger partial charge in [0.2, 0.25) is 5.91 Å². The van der Waals surface area contributed by atoms with Crippen LogP contribution in [0.3, 0.4) is 0 Å². The van der Waals surface area contributed by atoms with Crippen LogP contribution in [0.4, 0.5) is 10.6 Å². The number of anilines is 1. The van der Waals surface area contributed by atoms with Crippen LogP contribution in [0.15, 0.2) is 48.1 Å². The Balaban J connectivity index is 1.35. The van der Waals surface area contributed by atoms with Crippen LogP contribution in [-0.2, 0) is 4.79 Å². The predicted molar refractivity (Wildman–Crippen MR) is 104 cm³/mol. The molecule has 8 heteroatoms. The molecule has 1 saturated heterocycles. The van der Waals surface area contributed by atoms with Crippen LogP contribution >= 0.6 is 0 Å². The van der Waals surface area contributed by atoms with Crippen LogP contribution in [0, 0.1) is 5.92 Å². The number of nitrogens with one attached hydrogen (secondary N) is 3. The van der Waals surface area contributed by atoms with E-state index in [0.29, 0.717) is 17.6 Å². The molecule has 4 aliphatic rings. The van der Waals surface area contributed by atoms with Crippen LogP contribution in [0.1, 0.15) is 19.3 Å². The summed E-state index contributed by atoms with van der Waals surface area (Å²) in [5, 5.41) is 9.19. The first-order chi connectivity index (χ1) is 13.7. The lowest BCUT2D eigenvalue weighted by Gasteiger charge is -2.40. The number of carbonyl (C=O) groups is 2. The molecule has 0 radical (unpaired) electrons. The number of rotatable bonds is 4. The molecule has 1 aromatic heterocycles. The molecule has 4 heterocycles. The van der Waals surface area contributed by atoms with Gasteiger partial charge in [-0.25, -0.2) is 9.78 Å². The van der Waals surface area contributed by atoms with Gasteiger partial charge in [0.25, 0.3) is 0 Å². The Labute approximate surface area is 163 Å². The van der Waals surface area contributed by atoms with E-state index in [1.807, 2.05) is 24.3 Å². The van der Waals surface area contributed by atoms with Gasteiger partial charge in [-0.15, -0.1) is 0 Å². The van der Waals surface area contributed by atoms with Crippen molar-refractivity contribution in [2.24, 2.45) is 5.92 Å². The van der Waals surface area contributed by atoms with Gasteiger partial charge < -0.3 is 15.5 Å². The second-order valence-corrected chi connectivity index (χ2v) is 7.81. The van der Waals surface area contributed by atoms with Crippen LogP contribution in [0.25, 0.3) is 0 Å². The fourth-order valence-electron chi connectivity index (χ4n) is 4.04. The number of dihydropyridines is 1. The normalized spacial score (nSPS) is 25.3. The van der Waals surface area contributed by atoms with E-state index in [9.17, 15) is 9.59 Å². The Morgan fingerprint density at radius 1 is 1.25 bits per heavy atom. The van der Waals surface area contributed by atoms with Crippen molar-refractivity contribution in [2.75, 3.05) is 25.0 Å². The number of amides is 3. The number of aromatic nitrogens is 1. The average Bonchev–Trinajstić information content (AvgIpc) is 3.46. The van der Waals surface area contributed by atoms with E-state index in [-0.39, 0.29) is 18.0 Å². The lowest BCUT2D eigenvalue weighted by molar-refractivity contribution is -0.122. The van der Waals surface area contributed by atoms with Gasteiger partial charge in [-0.2, -0.15) is 0 Å². The van der Waals surface area contributed by atoms with Gasteiger partial charge in [-0.3, -0.25) is 15.0 Å². The Kier molecular flexibility index (Phi) is 4.18. The van der Waals surface area contributed by atoms with Crippen molar-refractivity contribution in [3.63, 3.8) is 0 Å². The number of nitrogens with zero attached hydrogens (tertiary/aromatic N) is 3. The first-order valence-electron chi connectivity index (χ1n) is 9.92. The number of hydrogen-bond acceptors (Lipinski definition) is 5. The van der Waals surface area contributed by atoms with Crippen molar-refractivity contribution in [2.45, 2.75) is 31.3 Å². The zero-order valence-corrected chi connectivity index (χ0v) is 15.6. The minimum atomic E-state index is -0.471. The predicted octanol–water partition coefficient (Wildman–Crippen LogP) is 1.23. The molecule has 146 valence electrons. The van der Waals surface area contributed by atoms with Gasteiger partial charge in [0.1, 0.15) is 17.7 Å². The standard InChI is InChI=1S/C20H24N6O2/c27-19(22-11-13-4-5-13)15-6-7-16-18(23-15)26(14-8-10-25(16)12-14)20(28)24-17-3-1-2-9-21-17/h1-3,6-7,9,13-15,23H,4-5,8,10-12H2,(H,22,27)(H,21,24,28)/t14-,15?/m0/s1. The number of fused-ring (bicyclic) bond motifs is 3. The maximum Gasteiger partial charge on any atom is 0.328 e. The van der Waals surface area contributed by atoms with Crippen molar-refractivity contribution in [3.05, 3.63) is 48.1 Å². The Morgan fingerprint density at radius 3 is 2.93 bits per heavy atom. The zero-order chi connectivity index (χ0) is 19.1. The molecule has 3 aliphatic heterocycles. The third kappa shape index (κ3) is 3.19. The summed E-state index contributed by atoms with van der Waals surface area (Å²) in [5.74, 6) is 1.80. The van der Waals surface area contributed by atoms with Gasteiger partial charge in [0.15, 0.2) is 0 Å². The number of hydrogen-bond donors (Lipinski definition) is 3. The highest BCUT2D eigenvalue weighted by Crippen LogP contribution is 2.33. The number of pyridine rings is 1. The van der Waals surface area contributed by atoms with Crippen molar-refractivity contribution >= 4 is 17.8 Å². The molecule has 1 unspecified atom stereocenters. The Morgan fingerprint density at radius 2 is 2.14 bits per heavy atom. The van der Waals surface area contributed by atoms with Gasteiger partial charge in [-0.05, 0) is 43.4 Å². The maximum atomic E-state index is 13.1. The maximum absolute atomic E-state index is 13.1. The number of allylic oxidation sites excluding steroid dienone is 1. The third-order valence-corrected chi connectivity index (χ3v) is 5.75. The van der Waals surface area contributed by atoms with E-state index in [4.69, 9.17) is 0 Å². The van der Waals surface area contributed by atoms with E-state index in [1.54, 1.807) is 17.2 Å². The minimum Gasteiger partial charge on any atom is -0.366 e. The van der Waals surface area contributed by atoms with Crippen molar-refractivity contribution in [1.29, 1.82) is 0 Å². The van der Waals surface area contributed by atoms with Gasteiger partial charge in [0, 0.05) is 25.8 Å². The van der Waals surface area contributed by atoms with E-state index >= 15 is 0 Å². The number of urea groups is 1.